The van der Waals surface area contributed by atoms with Crippen molar-refractivity contribution in [3.63, 3.8) is 0 Å². The first-order valence-electron chi connectivity index (χ1n) is 4.02. The zero-order valence-corrected chi connectivity index (χ0v) is 31.0. The van der Waals surface area contributed by atoms with Crippen molar-refractivity contribution in [2.45, 2.75) is 0 Å². The zero-order chi connectivity index (χ0) is 18.0. The van der Waals surface area contributed by atoms with Gasteiger partial charge in [-0.3, -0.25) is 0 Å². The average Bonchev–Trinajstić information content (AvgIpc) is 2.63. The van der Waals surface area contributed by atoms with Crippen LogP contribution in [0.5, 0.6) is 0 Å². The number of hydrogen-bond acceptors (Lipinski definition) is 9. The molecular weight excluding hydrogens is 397 g/mol. The Labute approximate surface area is 137 Å². The third-order valence-corrected chi connectivity index (χ3v) is 0. The average molecular weight is 433 g/mol. The number of rotatable bonds is 0. The van der Waals surface area contributed by atoms with E-state index in [1.165, 1.54) is 0 Å². The van der Waals surface area contributed by atoms with Crippen LogP contribution in [0.4, 0.5) is 0 Å². The van der Waals surface area contributed by atoms with Crippen molar-refractivity contribution >= 4 is 94.4 Å². The molecule has 0 heterocycles. The van der Waals surface area contributed by atoms with E-state index in [9.17, 15) is 0 Å². The molecular formula is H36O9Si9. The lowest BCUT2D eigenvalue weighted by Crippen LogP contribution is -1.34. The highest BCUT2D eigenvalue weighted by Gasteiger charge is 0.907. The van der Waals surface area contributed by atoms with E-state index >= 15 is 0 Å². The molecule has 0 aliphatic carbocycles. The van der Waals surface area contributed by atoms with Crippen LogP contribution >= 0.6 is 0 Å². The monoisotopic (exact) mass is 432 g/mol. The fourth-order valence-electron chi connectivity index (χ4n) is 0. The number of hydrogen-bond donors (Lipinski definition) is 9. The van der Waals surface area contributed by atoms with Crippen LogP contribution in [-0.4, -0.2) is 138 Å². The summed E-state index contributed by atoms with van der Waals surface area (Å²) in [6.45, 7) is 0. The van der Waals surface area contributed by atoms with Gasteiger partial charge in [-0.25, -0.2) is 0 Å². The van der Waals surface area contributed by atoms with Gasteiger partial charge in [0.2, 0.25) is 0 Å². The Morgan fingerprint density at radius 3 is 0.167 bits per heavy atom. The Kier molecular flexibility index (Phi) is 7610. The van der Waals surface area contributed by atoms with Gasteiger partial charge >= 0.3 is 0 Å². The van der Waals surface area contributed by atoms with E-state index in [4.69, 9.17) is 43.2 Å². The second-order valence-electron chi connectivity index (χ2n) is 0. The predicted octanol–water partition coefficient (Wildman–Crippen LogP) is -15.7. The van der Waals surface area contributed by atoms with Crippen LogP contribution in [0.25, 0.3) is 0 Å². The fourth-order valence-corrected chi connectivity index (χ4v) is 0. The van der Waals surface area contributed by atoms with Crippen LogP contribution in [0, 0.1) is 0 Å². The quantitative estimate of drug-likeness (QED) is 0.168. The summed E-state index contributed by atoms with van der Waals surface area (Å²) in [6.07, 6.45) is 0. The summed E-state index contributed by atoms with van der Waals surface area (Å²) in [6, 6.07) is 0. The molecule has 0 aliphatic heterocycles. The van der Waals surface area contributed by atoms with Gasteiger partial charge in [0, 0.05) is 0 Å². The van der Waals surface area contributed by atoms with Crippen molar-refractivity contribution in [1.82, 2.24) is 0 Å². The van der Waals surface area contributed by atoms with Crippen molar-refractivity contribution < 1.29 is 43.2 Å². The summed E-state index contributed by atoms with van der Waals surface area (Å²) < 4.78 is 0. The van der Waals surface area contributed by atoms with E-state index < -0.39 is 0 Å². The molecule has 0 unspecified atom stereocenters. The van der Waals surface area contributed by atoms with Gasteiger partial charge in [-0.1, -0.05) is 0 Å². The Balaban J connectivity index is -0.00000000723. The maximum atomic E-state index is 7.14. The normalized spacial score (nSPS) is 4.50. The van der Waals surface area contributed by atoms with Crippen LogP contribution in [0.15, 0.2) is 0 Å². The minimum absolute atomic E-state index is 0.306. The van der Waals surface area contributed by atoms with Crippen molar-refractivity contribution in [2.24, 2.45) is 0 Å². The van der Waals surface area contributed by atoms with Gasteiger partial charge in [0.1, 0.15) is 94.4 Å². The molecule has 0 saturated heterocycles. The van der Waals surface area contributed by atoms with Crippen molar-refractivity contribution in [2.75, 3.05) is 0 Å². The fraction of sp³-hybridized carbons (Fsp3) is 0. The molecule has 0 bridgehead atoms. The second-order valence-corrected chi connectivity index (χ2v) is 0. The molecule has 18 heavy (non-hydrogen) atoms. The molecule has 0 aromatic carbocycles. The van der Waals surface area contributed by atoms with Crippen molar-refractivity contribution in [3.8, 4) is 0 Å². The molecule has 126 valence electrons. The van der Waals surface area contributed by atoms with Crippen LogP contribution in [0.2, 0.25) is 0 Å². The molecule has 0 atom stereocenters. The molecule has 18 heteroatoms. The smallest absolute Gasteiger partial charge is 0.141 e. The molecule has 0 aliphatic rings. The lowest BCUT2D eigenvalue weighted by Gasteiger charge is -1.19. The van der Waals surface area contributed by atoms with E-state index in [2.05, 4.69) is 0 Å². The molecule has 9 N–H and O–H groups in total. The molecule has 0 radical (unpaired) electrons. The zero-order valence-electron chi connectivity index (χ0n) is 13.0. The Hall–Kier alpha value is 1.59. The van der Waals surface area contributed by atoms with Crippen molar-refractivity contribution in [3.05, 3.63) is 0 Å². The molecule has 0 amide bonds. The minimum atomic E-state index is 0.306. The Morgan fingerprint density at radius 1 is 0.167 bits per heavy atom. The first-order chi connectivity index (χ1) is 9.00. The summed E-state index contributed by atoms with van der Waals surface area (Å²) in [5.41, 5.74) is 0. The third kappa shape index (κ3) is 1910. The summed E-state index contributed by atoms with van der Waals surface area (Å²) >= 11 is 0. The van der Waals surface area contributed by atoms with Gasteiger partial charge in [-0.05, 0) is 0 Å². The topological polar surface area (TPSA) is 182 Å². The minimum Gasteiger partial charge on any atom is -0.442 e. The first kappa shape index (κ1) is 60.4. The third-order valence-electron chi connectivity index (χ3n) is 0. The van der Waals surface area contributed by atoms with E-state index in [1.807, 2.05) is 0 Å². The first-order valence-corrected chi connectivity index (χ1v) is 12.1. The molecule has 0 fully saturated rings. The highest BCUT2D eigenvalue weighted by molar-refractivity contribution is 5.96. The molecule has 0 spiro atoms. The summed E-state index contributed by atoms with van der Waals surface area (Å²) in [5.74, 6) is 0. The van der Waals surface area contributed by atoms with Crippen LogP contribution in [0.3, 0.4) is 0 Å². The SMILES string of the molecule is O[SiH3].O[SiH3].O[SiH3].O[SiH3].O[SiH3].O[SiH3].O[SiH3].O[SiH3].O[SiH3]. The van der Waals surface area contributed by atoms with Crippen LogP contribution < -0.4 is 0 Å². The van der Waals surface area contributed by atoms with Gasteiger partial charge < -0.3 is 43.2 Å². The van der Waals surface area contributed by atoms with Gasteiger partial charge in [-0.2, -0.15) is 0 Å². The highest BCUT2D eigenvalue weighted by atomic mass is 28.2. The largest absolute Gasteiger partial charge is 0.442 e. The van der Waals surface area contributed by atoms with E-state index in [1.54, 1.807) is 0 Å². The van der Waals surface area contributed by atoms with Gasteiger partial charge in [0.05, 0.1) is 0 Å². The Morgan fingerprint density at radius 2 is 0.167 bits per heavy atom. The highest BCUT2D eigenvalue weighted by Crippen LogP contribution is 0.682. The molecule has 0 aromatic heterocycles. The molecule has 0 saturated carbocycles. The summed E-state index contributed by atoms with van der Waals surface area (Å²) in [7, 11) is 2.75. The standard InChI is InChI=1S/9H4OSi/c9*1-2/h9*1H,2H3. The van der Waals surface area contributed by atoms with Gasteiger partial charge in [0.15, 0.2) is 0 Å². The molecule has 0 rings (SSSR count). The predicted molar refractivity (Wildman–Crippen MR) is 109 cm³/mol. The Bertz CT molecular complexity index is 18.0. The second kappa shape index (κ2) is 2270. The van der Waals surface area contributed by atoms with Crippen molar-refractivity contribution in [1.29, 1.82) is 0 Å². The van der Waals surface area contributed by atoms with E-state index in [0.29, 0.717) is 94.4 Å². The molecule has 9 nitrogen and oxygen atoms in total. The molecule has 0 aromatic rings. The summed E-state index contributed by atoms with van der Waals surface area (Å²) in [4.78, 5) is 64.2. The van der Waals surface area contributed by atoms with Gasteiger partial charge in [-0.15, -0.1) is 0 Å². The lowest BCUT2D eigenvalue weighted by molar-refractivity contribution is 0.628. The van der Waals surface area contributed by atoms with Crippen LogP contribution in [0.1, 0.15) is 0 Å². The van der Waals surface area contributed by atoms with E-state index in [-0.39, 0.29) is 0 Å². The lowest BCUT2D eigenvalue weighted by atomic mass is 15.9. The van der Waals surface area contributed by atoms with E-state index in [0.717, 1.165) is 0 Å². The van der Waals surface area contributed by atoms with Crippen LogP contribution in [-0.2, 0) is 0 Å². The maximum absolute atomic E-state index is 7.14. The summed E-state index contributed by atoms with van der Waals surface area (Å²) in [5, 5.41) is 0. The van der Waals surface area contributed by atoms with Gasteiger partial charge in [0.25, 0.3) is 0 Å². The maximum Gasteiger partial charge on any atom is 0.141 e.